The fourth-order valence-corrected chi connectivity index (χ4v) is 3.72. The van der Waals surface area contributed by atoms with E-state index >= 15 is 0 Å². The van der Waals surface area contributed by atoms with E-state index in [9.17, 15) is 13.2 Å². The van der Waals surface area contributed by atoms with Crippen molar-refractivity contribution in [3.63, 3.8) is 0 Å². The molecule has 7 heteroatoms. The number of nitrogens with one attached hydrogen (secondary N) is 1. The van der Waals surface area contributed by atoms with E-state index in [1.165, 1.54) is 10.4 Å². The standard InChI is InChI=1S/C12H17N3O3S/c1-9-2-3-10(13)8-11(9)19(17,18)15-6-4-12(16)14-5-7-15/h2-3,8H,4-7,13H2,1H3,(H,14,16). The first-order valence-electron chi connectivity index (χ1n) is 6.04. The fraction of sp³-hybridized carbons (Fsp3) is 0.417. The molecule has 6 nitrogen and oxygen atoms in total. The Balaban J connectivity index is 2.36. The Bertz CT molecular complexity index is 598. The minimum atomic E-state index is -3.60. The molecule has 1 saturated heterocycles. The maximum Gasteiger partial charge on any atom is 0.243 e. The number of benzene rings is 1. The molecule has 0 aromatic heterocycles. The Hall–Kier alpha value is -1.60. The Labute approximate surface area is 112 Å². The molecule has 1 amide bonds. The molecule has 0 bridgehead atoms. The van der Waals surface area contributed by atoms with Crippen LogP contribution in [0.15, 0.2) is 23.1 Å². The number of nitrogen functional groups attached to an aromatic ring is 1. The summed E-state index contributed by atoms with van der Waals surface area (Å²) in [4.78, 5) is 11.5. The van der Waals surface area contributed by atoms with Crippen molar-refractivity contribution in [2.75, 3.05) is 25.4 Å². The first-order valence-corrected chi connectivity index (χ1v) is 7.48. The molecule has 0 saturated carbocycles. The third-order valence-electron chi connectivity index (χ3n) is 3.10. The van der Waals surface area contributed by atoms with E-state index in [1.54, 1.807) is 19.1 Å². The zero-order chi connectivity index (χ0) is 14.0. The summed E-state index contributed by atoms with van der Waals surface area (Å²) in [5, 5.41) is 2.65. The lowest BCUT2D eigenvalue weighted by Gasteiger charge is -2.20. The van der Waals surface area contributed by atoms with Crippen molar-refractivity contribution in [3.05, 3.63) is 23.8 Å². The summed E-state index contributed by atoms with van der Waals surface area (Å²) in [6, 6.07) is 4.82. The van der Waals surface area contributed by atoms with Crippen LogP contribution in [0.1, 0.15) is 12.0 Å². The third kappa shape index (κ3) is 2.87. The van der Waals surface area contributed by atoms with E-state index in [0.717, 1.165) is 0 Å². The maximum absolute atomic E-state index is 12.6. The molecule has 0 spiro atoms. The second kappa shape index (κ2) is 5.18. The Morgan fingerprint density at radius 2 is 2.05 bits per heavy atom. The SMILES string of the molecule is Cc1ccc(N)cc1S(=O)(=O)N1CCNC(=O)CC1. The number of aryl methyl sites for hydroxylation is 1. The fourth-order valence-electron chi connectivity index (χ4n) is 2.02. The number of hydrogen-bond donors (Lipinski definition) is 2. The van der Waals surface area contributed by atoms with Gasteiger partial charge in [-0.15, -0.1) is 0 Å². The van der Waals surface area contributed by atoms with Crippen molar-refractivity contribution in [2.24, 2.45) is 0 Å². The molecule has 1 aromatic carbocycles. The van der Waals surface area contributed by atoms with Gasteiger partial charge in [0.05, 0.1) is 4.90 Å². The lowest BCUT2D eigenvalue weighted by atomic mass is 10.2. The lowest BCUT2D eigenvalue weighted by Crippen LogP contribution is -2.34. The number of hydrogen-bond acceptors (Lipinski definition) is 4. The molecular formula is C12H17N3O3S. The van der Waals surface area contributed by atoms with Gasteiger partial charge >= 0.3 is 0 Å². The van der Waals surface area contributed by atoms with Crippen molar-refractivity contribution in [3.8, 4) is 0 Å². The van der Waals surface area contributed by atoms with Crippen LogP contribution in [0.2, 0.25) is 0 Å². The van der Waals surface area contributed by atoms with E-state index in [4.69, 9.17) is 5.73 Å². The van der Waals surface area contributed by atoms with Gasteiger partial charge in [0.1, 0.15) is 0 Å². The molecule has 1 aromatic rings. The zero-order valence-corrected chi connectivity index (χ0v) is 11.5. The van der Waals surface area contributed by atoms with Gasteiger partial charge in [0.25, 0.3) is 0 Å². The van der Waals surface area contributed by atoms with Crippen LogP contribution < -0.4 is 11.1 Å². The highest BCUT2D eigenvalue weighted by molar-refractivity contribution is 7.89. The van der Waals surface area contributed by atoms with Crippen molar-refractivity contribution >= 4 is 21.6 Å². The van der Waals surface area contributed by atoms with Crippen molar-refractivity contribution in [1.82, 2.24) is 9.62 Å². The predicted octanol–water partition coefficient (Wildman–Crippen LogP) is 0.0878. The van der Waals surface area contributed by atoms with Crippen LogP contribution in [-0.4, -0.2) is 38.3 Å². The predicted molar refractivity (Wildman–Crippen MR) is 72.0 cm³/mol. The van der Waals surface area contributed by atoms with E-state index < -0.39 is 10.0 Å². The second-order valence-electron chi connectivity index (χ2n) is 4.53. The van der Waals surface area contributed by atoms with Crippen molar-refractivity contribution < 1.29 is 13.2 Å². The Kier molecular flexibility index (Phi) is 3.77. The highest BCUT2D eigenvalue weighted by atomic mass is 32.2. The van der Waals surface area contributed by atoms with E-state index in [1.807, 2.05) is 0 Å². The van der Waals surface area contributed by atoms with Crippen LogP contribution in [0.3, 0.4) is 0 Å². The van der Waals surface area contributed by atoms with Crippen LogP contribution in [0.4, 0.5) is 5.69 Å². The number of nitrogens with zero attached hydrogens (tertiary/aromatic N) is 1. The molecule has 1 heterocycles. The van der Waals surface area contributed by atoms with Crippen LogP contribution in [0, 0.1) is 6.92 Å². The van der Waals surface area contributed by atoms with Gasteiger partial charge in [-0.1, -0.05) is 6.07 Å². The number of carbonyl (C=O) groups excluding carboxylic acids is 1. The molecule has 19 heavy (non-hydrogen) atoms. The number of amides is 1. The normalized spacial score (nSPS) is 17.8. The Morgan fingerprint density at radius 3 is 2.79 bits per heavy atom. The molecule has 104 valence electrons. The molecule has 1 aliphatic heterocycles. The highest BCUT2D eigenvalue weighted by Gasteiger charge is 2.28. The average Bonchev–Trinajstić information content (AvgIpc) is 2.57. The molecule has 0 radical (unpaired) electrons. The maximum atomic E-state index is 12.6. The Morgan fingerprint density at radius 1 is 1.32 bits per heavy atom. The molecular weight excluding hydrogens is 266 g/mol. The minimum absolute atomic E-state index is 0.123. The van der Waals surface area contributed by atoms with Crippen LogP contribution in [0.25, 0.3) is 0 Å². The minimum Gasteiger partial charge on any atom is -0.399 e. The smallest absolute Gasteiger partial charge is 0.243 e. The number of carbonyl (C=O) groups is 1. The number of rotatable bonds is 2. The molecule has 0 unspecified atom stereocenters. The topological polar surface area (TPSA) is 92.5 Å². The molecule has 1 fully saturated rings. The summed E-state index contributed by atoms with van der Waals surface area (Å²) in [6.45, 7) is 2.54. The molecule has 1 aliphatic rings. The van der Waals surface area contributed by atoms with Crippen LogP contribution in [0.5, 0.6) is 0 Å². The highest BCUT2D eigenvalue weighted by Crippen LogP contribution is 2.22. The van der Waals surface area contributed by atoms with Crippen LogP contribution >= 0.6 is 0 Å². The van der Waals surface area contributed by atoms with Gasteiger partial charge in [-0.05, 0) is 24.6 Å². The van der Waals surface area contributed by atoms with Gasteiger partial charge in [-0.3, -0.25) is 4.79 Å². The van der Waals surface area contributed by atoms with E-state index in [-0.39, 0.29) is 30.3 Å². The summed E-state index contributed by atoms with van der Waals surface area (Å²) in [7, 11) is -3.60. The van der Waals surface area contributed by atoms with Gasteiger partial charge in [-0.2, -0.15) is 4.31 Å². The number of sulfonamides is 1. The average molecular weight is 283 g/mol. The summed E-state index contributed by atoms with van der Waals surface area (Å²) < 4.78 is 26.4. The van der Waals surface area contributed by atoms with Crippen molar-refractivity contribution in [1.29, 1.82) is 0 Å². The second-order valence-corrected chi connectivity index (χ2v) is 6.44. The largest absolute Gasteiger partial charge is 0.399 e. The summed E-state index contributed by atoms with van der Waals surface area (Å²) in [5.41, 5.74) is 6.72. The molecule has 0 aliphatic carbocycles. The zero-order valence-electron chi connectivity index (χ0n) is 10.7. The number of nitrogens with two attached hydrogens (primary N) is 1. The van der Waals surface area contributed by atoms with Gasteiger partial charge < -0.3 is 11.1 Å². The van der Waals surface area contributed by atoms with E-state index in [0.29, 0.717) is 17.8 Å². The summed E-state index contributed by atoms with van der Waals surface area (Å²) in [5.74, 6) is -0.123. The van der Waals surface area contributed by atoms with Gasteiger partial charge in [-0.25, -0.2) is 8.42 Å². The van der Waals surface area contributed by atoms with Gasteiger partial charge in [0, 0.05) is 31.7 Å². The van der Waals surface area contributed by atoms with Crippen LogP contribution in [-0.2, 0) is 14.8 Å². The molecule has 2 rings (SSSR count). The first kappa shape index (κ1) is 13.8. The summed E-state index contributed by atoms with van der Waals surface area (Å²) >= 11 is 0. The van der Waals surface area contributed by atoms with Gasteiger partial charge in [0.15, 0.2) is 0 Å². The quantitative estimate of drug-likeness (QED) is 0.752. The summed E-state index contributed by atoms with van der Waals surface area (Å²) in [6.07, 6.45) is 0.181. The molecule has 0 atom stereocenters. The lowest BCUT2D eigenvalue weighted by molar-refractivity contribution is -0.120. The van der Waals surface area contributed by atoms with Crippen molar-refractivity contribution in [2.45, 2.75) is 18.2 Å². The third-order valence-corrected chi connectivity index (χ3v) is 5.14. The first-order chi connectivity index (χ1) is 8.91. The number of anilines is 1. The van der Waals surface area contributed by atoms with Gasteiger partial charge in [0.2, 0.25) is 15.9 Å². The van der Waals surface area contributed by atoms with E-state index in [2.05, 4.69) is 5.32 Å². The monoisotopic (exact) mass is 283 g/mol. The molecule has 3 N–H and O–H groups in total.